The molecular weight excluding hydrogens is 448 g/mol. The van der Waals surface area contributed by atoms with Crippen LogP contribution in [0.4, 0.5) is 5.82 Å². The van der Waals surface area contributed by atoms with E-state index in [2.05, 4.69) is 56.9 Å². The lowest BCUT2D eigenvalue weighted by atomic mass is 9.78. The maximum absolute atomic E-state index is 13.6. The van der Waals surface area contributed by atoms with E-state index in [1.165, 1.54) is 18.2 Å². The summed E-state index contributed by atoms with van der Waals surface area (Å²) in [5.41, 5.74) is 3.09. The number of methoxy groups -OCH3 is 1. The van der Waals surface area contributed by atoms with Crippen LogP contribution < -0.4 is 4.90 Å². The van der Waals surface area contributed by atoms with Crippen molar-refractivity contribution in [1.82, 2.24) is 4.98 Å². The monoisotopic (exact) mass is 486 g/mol. The second kappa shape index (κ2) is 10.8. The number of benzene rings is 2. The second-order valence-electron chi connectivity index (χ2n) is 11.4. The van der Waals surface area contributed by atoms with E-state index in [4.69, 9.17) is 4.74 Å². The predicted octanol–water partition coefficient (Wildman–Crippen LogP) is 7.07. The minimum atomic E-state index is -0.374. The molecule has 0 aliphatic heterocycles. The van der Waals surface area contributed by atoms with Gasteiger partial charge in [0.1, 0.15) is 5.82 Å². The fraction of sp³-hybridized carbons (Fsp3) is 0.452. The van der Waals surface area contributed by atoms with Gasteiger partial charge in [-0.25, -0.2) is 9.78 Å². The number of rotatable bonds is 6. The van der Waals surface area contributed by atoms with E-state index in [-0.39, 0.29) is 17.3 Å². The third kappa shape index (κ3) is 6.13. The highest BCUT2D eigenvalue weighted by atomic mass is 16.5. The molecule has 1 saturated carbocycles. The highest BCUT2D eigenvalue weighted by molar-refractivity contribution is 6.04. The van der Waals surface area contributed by atoms with Gasteiger partial charge in [-0.3, -0.25) is 9.69 Å². The molecule has 1 aliphatic carbocycles. The maximum Gasteiger partial charge on any atom is 0.337 e. The summed E-state index contributed by atoms with van der Waals surface area (Å²) in [7, 11) is 1.38. The molecule has 5 heteroatoms. The van der Waals surface area contributed by atoms with Crippen LogP contribution in [0.5, 0.6) is 0 Å². The Morgan fingerprint density at radius 3 is 2.33 bits per heavy atom. The molecule has 190 valence electrons. The molecule has 0 saturated heterocycles. The van der Waals surface area contributed by atoms with Gasteiger partial charge in [0.2, 0.25) is 5.91 Å². The number of fused-ring (bicyclic) bond motifs is 1. The molecule has 1 aliphatic rings. The molecule has 0 atom stereocenters. The van der Waals surface area contributed by atoms with E-state index in [0.717, 1.165) is 36.5 Å². The molecular formula is C31H38N2O3. The number of nitrogens with zero attached hydrogens (tertiary/aromatic N) is 2. The summed E-state index contributed by atoms with van der Waals surface area (Å²) in [6.45, 7) is 9.07. The summed E-state index contributed by atoms with van der Waals surface area (Å²) < 4.78 is 4.88. The van der Waals surface area contributed by atoms with Crippen LogP contribution in [0.15, 0.2) is 54.7 Å². The molecule has 0 spiro atoms. The Bertz CT molecular complexity index is 1220. The first-order valence-corrected chi connectivity index (χ1v) is 13.0. The molecule has 0 radical (unpaired) electrons. The molecule has 3 aromatic rings. The van der Waals surface area contributed by atoms with Crippen LogP contribution in [0.1, 0.15) is 80.3 Å². The van der Waals surface area contributed by atoms with E-state index in [0.29, 0.717) is 36.2 Å². The summed E-state index contributed by atoms with van der Waals surface area (Å²) in [5.74, 6) is 1.43. The topological polar surface area (TPSA) is 59.5 Å². The van der Waals surface area contributed by atoms with Crippen molar-refractivity contribution in [3.05, 3.63) is 71.4 Å². The lowest BCUT2D eigenvalue weighted by molar-refractivity contribution is -0.120. The normalized spacial score (nSPS) is 18.1. The minimum Gasteiger partial charge on any atom is -0.465 e. The van der Waals surface area contributed by atoms with E-state index in [1.807, 2.05) is 23.1 Å². The Morgan fingerprint density at radius 1 is 1.00 bits per heavy atom. The predicted molar refractivity (Wildman–Crippen MR) is 145 cm³/mol. The minimum absolute atomic E-state index is 0.0974. The zero-order chi connectivity index (χ0) is 25.9. The third-order valence-corrected chi connectivity index (χ3v) is 7.24. The molecule has 1 amide bonds. The lowest BCUT2D eigenvalue weighted by Crippen LogP contribution is -2.39. The van der Waals surface area contributed by atoms with Crippen molar-refractivity contribution in [3.63, 3.8) is 0 Å². The van der Waals surface area contributed by atoms with E-state index in [1.54, 1.807) is 12.3 Å². The van der Waals surface area contributed by atoms with Gasteiger partial charge in [-0.15, -0.1) is 0 Å². The number of hydrogen-bond acceptors (Lipinski definition) is 4. The molecule has 5 nitrogen and oxygen atoms in total. The number of carbonyl (C=O) groups is 2. The van der Waals surface area contributed by atoms with Gasteiger partial charge >= 0.3 is 5.97 Å². The molecule has 4 rings (SSSR count). The first-order valence-electron chi connectivity index (χ1n) is 13.0. The van der Waals surface area contributed by atoms with E-state index < -0.39 is 0 Å². The SMILES string of the molecule is COC(=O)c1ccc2c(N(CC3CCC(c4ccc(C)cc4)CC3)C(=O)CC(C)(C)C)nccc2c1. The van der Waals surface area contributed by atoms with E-state index >= 15 is 0 Å². The Balaban J connectivity index is 1.58. The van der Waals surface area contributed by atoms with Crippen LogP contribution in [0.25, 0.3) is 10.8 Å². The zero-order valence-corrected chi connectivity index (χ0v) is 22.2. The Labute approximate surface area is 214 Å². The summed E-state index contributed by atoms with van der Waals surface area (Å²) in [6.07, 6.45) is 6.64. The first kappa shape index (κ1) is 25.9. The fourth-order valence-electron chi connectivity index (χ4n) is 5.25. The third-order valence-electron chi connectivity index (χ3n) is 7.24. The number of hydrogen-bond donors (Lipinski definition) is 0. The number of esters is 1. The van der Waals surface area contributed by atoms with Gasteiger partial charge in [-0.2, -0.15) is 0 Å². The second-order valence-corrected chi connectivity index (χ2v) is 11.4. The van der Waals surface area contributed by atoms with Crippen molar-refractivity contribution in [2.75, 3.05) is 18.6 Å². The van der Waals surface area contributed by atoms with Crippen LogP contribution in [0, 0.1) is 18.3 Å². The molecule has 1 heterocycles. The Hall–Kier alpha value is -3.21. The number of aromatic nitrogens is 1. The molecule has 0 N–H and O–H groups in total. The van der Waals surface area contributed by atoms with Crippen LogP contribution >= 0.6 is 0 Å². The number of ether oxygens (including phenoxy) is 1. The average Bonchev–Trinajstić information content (AvgIpc) is 2.86. The van der Waals surface area contributed by atoms with Crippen LogP contribution in [-0.4, -0.2) is 30.5 Å². The number of carbonyl (C=O) groups excluding carboxylic acids is 2. The lowest BCUT2D eigenvalue weighted by Gasteiger charge is -2.34. The summed E-state index contributed by atoms with van der Waals surface area (Å²) in [5, 5.41) is 1.75. The molecule has 36 heavy (non-hydrogen) atoms. The van der Waals surface area contributed by atoms with Crippen molar-refractivity contribution in [2.24, 2.45) is 11.3 Å². The highest BCUT2D eigenvalue weighted by Gasteiger charge is 2.29. The van der Waals surface area contributed by atoms with Crippen LogP contribution in [0.3, 0.4) is 0 Å². The average molecular weight is 487 g/mol. The largest absolute Gasteiger partial charge is 0.465 e. The molecule has 1 fully saturated rings. The van der Waals surface area contributed by atoms with Gasteiger partial charge in [-0.1, -0.05) is 50.6 Å². The van der Waals surface area contributed by atoms with Crippen molar-refractivity contribution >= 4 is 28.5 Å². The number of aryl methyl sites for hydroxylation is 1. The van der Waals surface area contributed by atoms with Crippen molar-refractivity contribution in [3.8, 4) is 0 Å². The van der Waals surface area contributed by atoms with Gasteiger partial charge in [0.05, 0.1) is 12.7 Å². The van der Waals surface area contributed by atoms with Crippen LogP contribution in [-0.2, 0) is 9.53 Å². The fourth-order valence-corrected chi connectivity index (χ4v) is 5.25. The molecule has 0 bridgehead atoms. The standard InChI is InChI=1S/C31H38N2O3/c1-21-6-10-23(11-7-21)24-12-8-22(9-13-24)20-33(28(34)19-31(2,3)4)29-27-15-14-26(30(35)36-5)18-25(27)16-17-32-29/h6-7,10-11,14-18,22,24H,8-9,12-13,19-20H2,1-5H3. The van der Waals surface area contributed by atoms with E-state index in [9.17, 15) is 9.59 Å². The van der Waals surface area contributed by atoms with Gasteiger partial charge in [0.25, 0.3) is 0 Å². The summed E-state index contributed by atoms with van der Waals surface area (Å²) >= 11 is 0. The Kier molecular flexibility index (Phi) is 7.77. The summed E-state index contributed by atoms with van der Waals surface area (Å²) in [6, 6.07) is 16.3. The quantitative estimate of drug-likeness (QED) is 0.350. The smallest absolute Gasteiger partial charge is 0.337 e. The molecule has 1 aromatic heterocycles. The van der Waals surface area contributed by atoms with Crippen molar-refractivity contribution in [2.45, 2.75) is 65.7 Å². The highest BCUT2D eigenvalue weighted by Crippen LogP contribution is 2.38. The van der Waals surface area contributed by atoms with Gasteiger partial charge in [-0.05, 0) is 85.1 Å². The maximum atomic E-state index is 13.6. The van der Waals surface area contributed by atoms with Crippen molar-refractivity contribution in [1.29, 1.82) is 0 Å². The number of anilines is 1. The Morgan fingerprint density at radius 2 is 1.69 bits per heavy atom. The number of amides is 1. The first-order chi connectivity index (χ1) is 17.1. The van der Waals surface area contributed by atoms with Gasteiger partial charge in [0.15, 0.2) is 0 Å². The molecule has 0 unspecified atom stereocenters. The van der Waals surface area contributed by atoms with Gasteiger partial charge in [0, 0.05) is 24.5 Å². The van der Waals surface area contributed by atoms with Crippen LogP contribution in [0.2, 0.25) is 0 Å². The van der Waals surface area contributed by atoms with Crippen molar-refractivity contribution < 1.29 is 14.3 Å². The zero-order valence-electron chi connectivity index (χ0n) is 22.2. The number of pyridine rings is 1. The summed E-state index contributed by atoms with van der Waals surface area (Å²) in [4.78, 5) is 32.3. The van der Waals surface area contributed by atoms with Gasteiger partial charge < -0.3 is 4.74 Å². The molecule has 2 aromatic carbocycles.